The van der Waals surface area contributed by atoms with Crippen molar-refractivity contribution in [2.75, 3.05) is 0 Å². The van der Waals surface area contributed by atoms with Gasteiger partial charge in [-0.25, -0.2) is 4.98 Å². The van der Waals surface area contributed by atoms with Gasteiger partial charge < -0.3 is 0 Å². The molecule has 0 radical (unpaired) electrons. The molecule has 19 heavy (non-hydrogen) atoms. The summed E-state index contributed by atoms with van der Waals surface area (Å²) in [5, 5.41) is 0.573. The van der Waals surface area contributed by atoms with E-state index < -0.39 is 0 Å². The van der Waals surface area contributed by atoms with E-state index in [9.17, 15) is 4.79 Å². The fourth-order valence-electron chi connectivity index (χ4n) is 1.95. The Morgan fingerprint density at radius 1 is 1.26 bits per heavy atom. The molecule has 0 bridgehead atoms. The number of rotatable bonds is 2. The van der Waals surface area contributed by atoms with Crippen LogP contribution in [0.1, 0.15) is 5.56 Å². The van der Waals surface area contributed by atoms with E-state index in [2.05, 4.69) is 16.5 Å². The Morgan fingerprint density at radius 3 is 2.89 bits per heavy atom. The Balaban J connectivity index is 2.31. The molecule has 92 valence electrons. The lowest BCUT2D eigenvalue weighted by molar-refractivity contribution is 0.953. The standard InChI is InChI=1S/C15H11N3O/c1-2-11-5-6-14-13(8-11)15(19)18(10-17-14)12-4-3-7-16-9-12/h2-10H,1H2. The summed E-state index contributed by atoms with van der Waals surface area (Å²) in [6.07, 6.45) is 6.53. The molecule has 4 nitrogen and oxygen atoms in total. The second-order valence-corrected chi connectivity index (χ2v) is 4.11. The van der Waals surface area contributed by atoms with E-state index >= 15 is 0 Å². The van der Waals surface area contributed by atoms with E-state index in [1.165, 1.54) is 10.9 Å². The highest BCUT2D eigenvalue weighted by atomic mass is 16.1. The van der Waals surface area contributed by atoms with Crippen LogP contribution in [0, 0.1) is 0 Å². The summed E-state index contributed by atoms with van der Waals surface area (Å²) in [5.74, 6) is 0. The van der Waals surface area contributed by atoms with Crippen LogP contribution in [-0.4, -0.2) is 14.5 Å². The normalized spacial score (nSPS) is 10.5. The van der Waals surface area contributed by atoms with Gasteiger partial charge in [-0.15, -0.1) is 0 Å². The molecule has 0 saturated carbocycles. The fourth-order valence-corrected chi connectivity index (χ4v) is 1.95. The molecule has 2 aromatic heterocycles. The van der Waals surface area contributed by atoms with Crippen molar-refractivity contribution < 1.29 is 0 Å². The molecule has 3 rings (SSSR count). The zero-order valence-electron chi connectivity index (χ0n) is 10.2. The monoisotopic (exact) mass is 249 g/mol. The number of pyridine rings is 1. The van der Waals surface area contributed by atoms with E-state index in [-0.39, 0.29) is 5.56 Å². The van der Waals surface area contributed by atoms with Gasteiger partial charge in [0.25, 0.3) is 5.56 Å². The Kier molecular flexibility index (Phi) is 2.68. The molecule has 4 heteroatoms. The van der Waals surface area contributed by atoms with Gasteiger partial charge in [-0.1, -0.05) is 18.7 Å². The first-order valence-electron chi connectivity index (χ1n) is 5.84. The van der Waals surface area contributed by atoms with Crippen LogP contribution in [0.3, 0.4) is 0 Å². The highest BCUT2D eigenvalue weighted by Crippen LogP contribution is 2.12. The maximum Gasteiger partial charge on any atom is 0.265 e. The van der Waals surface area contributed by atoms with Gasteiger partial charge in [-0.3, -0.25) is 14.3 Å². The van der Waals surface area contributed by atoms with Crippen molar-refractivity contribution in [3.63, 3.8) is 0 Å². The molecule has 0 aliphatic heterocycles. The number of hydrogen-bond acceptors (Lipinski definition) is 3. The number of nitrogens with zero attached hydrogens (tertiary/aromatic N) is 3. The second-order valence-electron chi connectivity index (χ2n) is 4.11. The van der Waals surface area contributed by atoms with Gasteiger partial charge in [0.05, 0.1) is 22.8 Å². The fraction of sp³-hybridized carbons (Fsp3) is 0. The predicted octanol–water partition coefficient (Wildman–Crippen LogP) is 2.42. The van der Waals surface area contributed by atoms with E-state index in [1.807, 2.05) is 18.2 Å². The highest BCUT2D eigenvalue weighted by molar-refractivity contribution is 5.80. The van der Waals surface area contributed by atoms with E-state index in [4.69, 9.17) is 0 Å². The summed E-state index contributed by atoms with van der Waals surface area (Å²) in [7, 11) is 0. The summed E-state index contributed by atoms with van der Waals surface area (Å²) >= 11 is 0. The Hall–Kier alpha value is -2.75. The van der Waals surface area contributed by atoms with Gasteiger partial charge in [0.1, 0.15) is 6.33 Å². The Labute approximate surface area is 109 Å². The molecule has 1 aromatic carbocycles. The second kappa shape index (κ2) is 4.49. The zero-order valence-corrected chi connectivity index (χ0v) is 10.2. The van der Waals surface area contributed by atoms with Crippen LogP contribution < -0.4 is 5.56 Å². The molecule has 0 aliphatic rings. The maximum atomic E-state index is 12.5. The van der Waals surface area contributed by atoms with E-state index in [0.29, 0.717) is 16.6 Å². The molecule has 0 unspecified atom stereocenters. The maximum absolute atomic E-state index is 12.5. The van der Waals surface area contributed by atoms with Crippen LogP contribution >= 0.6 is 0 Å². The molecule has 0 atom stereocenters. The third kappa shape index (κ3) is 1.93. The molecule has 2 heterocycles. The summed E-state index contributed by atoms with van der Waals surface area (Å²) in [6.45, 7) is 3.71. The summed E-state index contributed by atoms with van der Waals surface area (Å²) in [6, 6.07) is 9.10. The average molecular weight is 249 g/mol. The van der Waals surface area contributed by atoms with Crippen LogP contribution in [0.25, 0.3) is 22.7 Å². The number of aromatic nitrogens is 3. The van der Waals surface area contributed by atoms with E-state index in [1.54, 1.807) is 30.6 Å². The van der Waals surface area contributed by atoms with Crippen molar-refractivity contribution in [3.8, 4) is 5.69 Å². The third-order valence-electron chi connectivity index (χ3n) is 2.94. The smallest absolute Gasteiger partial charge is 0.265 e. The molecule has 0 N–H and O–H groups in total. The van der Waals surface area contributed by atoms with Crippen molar-refractivity contribution in [2.24, 2.45) is 0 Å². The first-order valence-corrected chi connectivity index (χ1v) is 5.84. The molecule has 3 aromatic rings. The minimum absolute atomic E-state index is 0.110. The van der Waals surface area contributed by atoms with Crippen molar-refractivity contribution in [2.45, 2.75) is 0 Å². The predicted molar refractivity (Wildman–Crippen MR) is 75.2 cm³/mol. The van der Waals surface area contributed by atoms with Crippen LogP contribution in [0.15, 0.2) is 60.4 Å². The van der Waals surface area contributed by atoms with Crippen LogP contribution in [0.4, 0.5) is 0 Å². The first-order chi connectivity index (χ1) is 9.29. The summed E-state index contributed by atoms with van der Waals surface area (Å²) in [4.78, 5) is 20.8. The lowest BCUT2D eigenvalue weighted by Gasteiger charge is -2.06. The van der Waals surface area contributed by atoms with Crippen molar-refractivity contribution in [3.05, 3.63) is 71.5 Å². The van der Waals surface area contributed by atoms with Crippen molar-refractivity contribution >= 4 is 17.0 Å². The molecular formula is C15H11N3O. The third-order valence-corrected chi connectivity index (χ3v) is 2.94. The van der Waals surface area contributed by atoms with E-state index in [0.717, 1.165) is 5.56 Å². The molecule has 0 aliphatic carbocycles. The number of hydrogen-bond donors (Lipinski definition) is 0. The molecular weight excluding hydrogens is 238 g/mol. The molecule has 0 fully saturated rings. The van der Waals surface area contributed by atoms with Gasteiger partial charge in [0, 0.05) is 6.20 Å². The van der Waals surface area contributed by atoms with Crippen LogP contribution in [-0.2, 0) is 0 Å². The lowest BCUT2D eigenvalue weighted by Crippen LogP contribution is -2.18. The van der Waals surface area contributed by atoms with Gasteiger partial charge in [0.15, 0.2) is 0 Å². The topological polar surface area (TPSA) is 47.8 Å². The lowest BCUT2D eigenvalue weighted by atomic mass is 10.1. The average Bonchev–Trinajstić information content (AvgIpc) is 2.48. The largest absolute Gasteiger partial charge is 0.268 e. The first kappa shape index (κ1) is 11.3. The van der Waals surface area contributed by atoms with Crippen LogP contribution in [0.2, 0.25) is 0 Å². The van der Waals surface area contributed by atoms with Gasteiger partial charge in [-0.05, 0) is 29.8 Å². The van der Waals surface area contributed by atoms with Gasteiger partial charge in [-0.2, -0.15) is 0 Å². The van der Waals surface area contributed by atoms with Crippen molar-refractivity contribution in [1.29, 1.82) is 0 Å². The quantitative estimate of drug-likeness (QED) is 0.700. The molecule has 0 spiro atoms. The molecule has 0 amide bonds. The van der Waals surface area contributed by atoms with Gasteiger partial charge in [0.2, 0.25) is 0 Å². The van der Waals surface area contributed by atoms with Gasteiger partial charge >= 0.3 is 0 Å². The summed E-state index contributed by atoms with van der Waals surface area (Å²) < 4.78 is 1.49. The van der Waals surface area contributed by atoms with Crippen LogP contribution in [0.5, 0.6) is 0 Å². The Morgan fingerprint density at radius 2 is 2.16 bits per heavy atom. The zero-order chi connectivity index (χ0) is 13.2. The number of benzene rings is 1. The minimum atomic E-state index is -0.110. The highest BCUT2D eigenvalue weighted by Gasteiger charge is 2.05. The summed E-state index contributed by atoms with van der Waals surface area (Å²) in [5.41, 5.74) is 2.17. The minimum Gasteiger partial charge on any atom is -0.268 e. The SMILES string of the molecule is C=Cc1ccc2ncn(-c3cccnc3)c(=O)c2c1. The number of fused-ring (bicyclic) bond motifs is 1. The molecule has 0 saturated heterocycles. The van der Waals surface area contributed by atoms with Crippen molar-refractivity contribution in [1.82, 2.24) is 14.5 Å². The Bertz CT molecular complexity index is 806.